The first-order valence-electron chi connectivity index (χ1n) is 8.05. The fourth-order valence-corrected chi connectivity index (χ4v) is 1.50. The molecule has 2 fully saturated rings. The second-order valence-corrected chi connectivity index (χ2v) is 5.28. The molecule has 0 aliphatic carbocycles. The van der Waals surface area contributed by atoms with Crippen molar-refractivity contribution in [2.45, 2.75) is 59.4 Å². The Kier molecular flexibility index (Phi) is 17.2. The van der Waals surface area contributed by atoms with Crippen molar-refractivity contribution in [3.63, 3.8) is 0 Å². The Morgan fingerprint density at radius 1 is 1.00 bits per heavy atom. The molecular formula is C16H35NO6. The van der Waals surface area contributed by atoms with E-state index in [1.807, 2.05) is 53.7 Å². The number of hydrogen-bond acceptors (Lipinski definition) is 7. The topological polar surface area (TPSA) is 66.5 Å². The Balaban J connectivity index is 0. The van der Waals surface area contributed by atoms with E-state index < -0.39 is 0 Å². The zero-order valence-corrected chi connectivity index (χ0v) is 15.9. The normalized spacial score (nSPS) is 28.6. The molecule has 2 heterocycles. The van der Waals surface area contributed by atoms with Gasteiger partial charge in [-0.15, -0.1) is 0 Å². The second kappa shape index (κ2) is 16.1. The van der Waals surface area contributed by atoms with Crippen molar-refractivity contribution in [3.8, 4) is 0 Å². The SMILES string of the molecule is CC.CC1COC(C)O1.CC1OC[C@@H](COC=O)O1.CN(C)C. The van der Waals surface area contributed by atoms with Crippen LogP contribution in [-0.2, 0) is 28.5 Å². The number of carbonyl (C=O) groups excluding carboxylic acids is 1. The van der Waals surface area contributed by atoms with Gasteiger partial charge in [0.2, 0.25) is 0 Å². The van der Waals surface area contributed by atoms with Crippen molar-refractivity contribution in [2.24, 2.45) is 0 Å². The maximum absolute atomic E-state index is 9.72. The van der Waals surface area contributed by atoms with Gasteiger partial charge in [-0.3, -0.25) is 4.79 Å². The van der Waals surface area contributed by atoms with E-state index in [-0.39, 0.29) is 25.3 Å². The van der Waals surface area contributed by atoms with Crippen LogP contribution in [0.5, 0.6) is 0 Å². The average Bonchev–Trinajstić information content (AvgIpc) is 3.07. The molecular weight excluding hydrogens is 302 g/mol. The third-order valence-corrected chi connectivity index (χ3v) is 2.24. The summed E-state index contributed by atoms with van der Waals surface area (Å²) in [6.45, 7) is 11.7. The molecule has 4 atom stereocenters. The molecule has 23 heavy (non-hydrogen) atoms. The maximum Gasteiger partial charge on any atom is 0.293 e. The van der Waals surface area contributed by atoms with Crippen LogP contribution < -0.4 is 0 Å². The zero-order valence-electron chi connectivity index (χ0n) is 15.9. The maximum atomic E-state index is 9.72. The Hall–Kier alpha value is -0.730. The first-order chi connectivity index (χ1) is 10.8. The standard InChI is InChI=1S/C6H10O4.C5H10O2.C3H9N.C2H6/c1-5-9-3-6(10-5)2-8-4-7;1-4-3-6-5(2)7-4;1-4(2)3;1-2/h4-6H,2-3H2,1H3;4-5H,3H2,1-2H3;1-3H3;1-2H3/t5?,6-;;;/m1.../s1. The lowest BCUT2D eigenvalue weighted by Crippen LogP contribution is -2.17. The molecule has 2 aliphatic heterocycles. The van der Waals surface area contributed by atoms with E-state index in [4.69, 9.17) is 18.9 Å². The lowest BCUT2D eigenvalue weighted by atomic mass is 10.4. The highest BCUT2D eigenvalue weighted by molar-refractivity contribution is 5.36. The molecule has 0 bridgehead atoms. The minimum Gasteiger partial charge on any atom is -0.465 e. The zero-order chi connectivity index (χ0) is 18.3. The molecule has 140 valence electrons. The summed E-state index contributed by atoms with van der Waals surface area (Å²) in [4.78, 5) is 11.7. The van der Waals surface area contributed by atoms with Crippen molar-refractivity contribution < 1.29 is 28.5 Å². The van der Waals surface area contributed by atoms with Gasteiger partial charge in [0.05, 0.1) is 19.3 Å². The van der Waals surface area contributed by atoms with Gasteiger partial charge in [-0.2, -0.15) is 0 Å². The molecule has 7 nitrogen and oxygen atoms in total. The predicted octanol–water partition coefficient (Wildman–Crippen LogP) is 1.89. The van der Waals surface area contributed by atoms with Gasteiger partial charge in [0.25, 0.3) is 6.47 Å². The van der Waals surface area contributed by atoms with E-state index >= 15 is 0 Å². The fraction of sp³-hybridized carbons (Fsp3) is 0.938. The first-order valence-corrected chi connectivity index (χ1v) is 8.05. The van der Waals surface area contributed by atoms with Gasteiger partial charge >= 0.3 is 0 Å². The first kappa shape index (κ1) is 24.5. The highest BCUT2D eigenvalue weighted by Crippen LogP contribution is 2.10. The lowest BCUT2D eigenvalue weighted by Gasteiger charge is -2.05. The van der Waals surface area contributed by atoms with Gasteiger partial charge in [0, 0.05) is 0 Å². The molecule has 0 aromatic carbocycles. The minimum absolute atomic E-state index is 0.0231. The van der Waals surface area contributed by atoms with Crippen LogP contribution in [0.3, 0.4) is 0 Å². The largest absolute Gasteiger partial charge is 0.465 e. The minimum atomic E-state index is -0.166. The van der Waals surface area contributed by atoms with Crippen molar-refractivity contribution >= 4 is 6.47 Å². The van der Waals surface area contributed by atoms with Crippen molar-refractivity contribution in [1.29, 1.82) is 0 Å². The summed E-state index contributed by atoms with van der Waals surface area (Å²) in [7, 11) is 6.00. The molecule has 2 rings (SSSR count). The lowest BCUT2D eigenvalue weighted by molar-refractivity contribution is -0.132. The van der Waals surface area contributed by atoms with Gasteiger partial charge in [-0.25, -0.2) is 0 Å². The molecule has 0 aromatic rings. The third kappa shape index (κ3) is 17.5. The van der Waals surface area contributed by atoms with Crippen molar-refractivity contribution in [3.05, 3.63) is 0 Å². The highest BCUT2D eigenvalue weighted by Gasteiger charge is 2.22. The number of hydrogen-bond donors (Lipinski definition) is 0. The van der Waals surface area contributed by atoms with Crippen LogP contribution in [0.1, 0.15) is 34.6 Å². The van der Waals surface area contributed by atoms with Crippen LogP contribution in [0.15, 0.2) is 0 Å². The van der Waals surface area contributed by atoms with Crippen LogP contribution in [0, 0.1) is 0 Å². The summed E-state index contributed by atoms with van der Waals surface area (Å²) in [5.41, 5.74) is 0. The van der Waals surface area contributed by atoms with E-state index in [1.54, 1.807) is 6.92 Å². The van der Waals surface area contributed by atoms with Crippen LogP contribution in [0.25, 0.3) is 0 Å². The van der Waals surface area contributed by atoms with Crippen LogP contribution in [0.4, 0.5) is 0 Å². The molecule has 2 saturated heterocycles. The molecule has 3 unspecified atom stereocenters. The summed E-state index contributed by atoms with van der Waals surface area (Å²) in [6.07, 6.45) is 0.0745. The van der Waals surface area contributed by atoms with E-state index in [2.05, 4.69) is 4.74 Å². The number of rotatable bonds is 3. The summed E-state index contributed by atoms with van der Waals surface area (Å²) >= 11 is 0. The second-order valence-electron chi connectivity index (χ2n) is 5.28. The molecule has 7 heteroatoms. The summed E-state index contributed by atoms with van der Waals surface area (Å²) in [5.74, 6) is 0. The molecule has 0 saturated carbocycles. The summed E-state index contributed by atoms with van der Waals surface area (Å²) in [5, 5.41) is 0. The van der Waals surface area contributed by atoms with Crippen molar-refractivity contribution in [1.82, 2.24) is 4.90 Å². The molecule has 0 N–H and O–H groups in total. The van der Waals surface area contributed by atoms with Gasteiger partial charge in [0.1, 0.15) is 12.7 Å². The Morgan fingerprint density at radius 3 is 1.74 bits per heavy atom. The monoisotopic (exact) mass is 337 g/mol. The number of carbonyl (C=O) groups is 1. The van der Waals surface area contributed by atoms with E-state index in [0.717, 1.165) is 6.61 Å². The Labute approximate surface area is 141 Å². The fourth-order valence-electron chi connectivity index (χ4n) is 1.50. The highest BCUT2D eigenvalue weighted by atomic mass is 16.7. The molecule has 2 aliphatic rings. The Morgan fingerprint density at radius 2 is 1.48 bits per heavy atom. The average molecular weight is 337 g/mol. The predicted molar refractivity (Wildman–Crippen MR) is 89.2 cm³/mol. The van der Waals surface area contributed by atoms with Crippen LogP contribution in [0.2, 0.25) is 0 Å². The van der Waals surface area contributed by atoms with Crippen LogP contribution in [-0.4, -0.2) is 77.1 Å². The van der Waals surface area contributed by atoms with E-state index in [1.165, 1.54) is 0 Å². The molecule has 0 radical (unpaired) electrons. The van der Waals surface area contributed by atoms with Gasteiger partial charge in [-0.05, 0) is 41.9 Å². The van der Waals surface area contributed by atoms with E-state index in [9.17, 15) is 4.79 Å². The van der Waals surface area contributed by atoms with E-state index in [0.29, 0.717) is 19.2 Å². The van der Waals surface area contributed by atoms with Gasteiger partial charge in [0.15, 0.2) is 12.6 Å². The van der Waals surface area contributed by atoms with Gasteiger partial charge in [-0.1, -0.05) is 13.8 Å². The molecule has 0 amide bonds. The number of nitrogens with zero attached hydrogens (tertiary/aromatic N) is 1. The smallest absolute Gasteiger partial charge is 0.293 e. The summed E-state index contributed by atoms with van der Waals surface area (Å²) in [6, 6.07) is 0. The number of ether oxygens (including phenoxy) is 5. The van der Waals surface area contributed by atoms with Crippen molar-refractivity contribution in [2.75, 3.05) is 41.0 Å². The van der Waals surface area contributed by atoms with Crippen LogP contribution >= 0.6 is 0 Å². The van der Waals surface area contributed by atoms with Gasteiger partial charge < -0.3 is 28.6 Å². The summed E-state index contributed by atoms with van der Waals surface area (Å²) < 4.78 is 24.9. The molecule has 0 aromatic heterocycles. The Bertz CT molecular complexity index is 254. The molecule has 0 spiro atoms. The quantitative estimate of drug-likeness (QED) is 0.729. The third-order valence-electron chi connectivity index (χ3n) is 2.24.